The van der Waals surface area contributed by atoms with E-state index in [2.05, 4.69) is 5.32 Å². The summed E-state index contributed by atoms with van der Waals surface area (Å²) in [5, 5.41) is 2.77. The lowest BCUT2D eigenvalue weighted by atomic mass is 10.0. The molecule has 0 radical (unpaired) electrons. The minimum Gasteiger partial charge on any atom is -0.377 e. The van der Waals surface area contributed by atoms with Crippen molar-refractivity contribution in [3.63, 3.8) is 0 Å². The first-order valence-electron chi connectivity index (χ1n) is 8.05. The van der Waals surface area contributed by atoms with Crippen molar-refractivity contribution in [2.45, 2.75) is 43.6 Å². The summed E-state index contributed by atoms with van der Waals surface area (Å²) >= 11 is 0. The average molecular weight is 338 g/mol. The molecule has 0 saturated carbocycles. The molecular weight excluding hydrogens is 316 g/mol. The fraction of sp³-hybridized carbons (Fsp3) is 0.562. The molecule has 1 aromatic carbocycles. The van der Waals surface area contributed by atoms with Crippen LogP contribution in [0, 0.1) is 0 Å². The van der Waals surface area contributed by atoms with Gasteiger partial charge in [0.2, 0.25) is 15.9 Å². The van der Waals surface area contributed by atoms with Gasteiger partial charge in [-0.1, -0.05) is 0 Å². The molecule has 0 aromatic heterocycles. The number of ether oxygens (including phenoxy) is 1. The van der Waals surface area contributed by atoms with E-state index in [1.165, 1.54) is 4.31 Å². The van der Waals surface area contributed by atoms with Crippen molar-refractivity contribution in [3.05, 3.63) is 23.8 Å². The lowest BCUT2D eigenvalue weighted by molar-refractivity contribution is -0.116. The highest BCUT2D eigenvalue weighted by Crippen LogP contribution is 2.28. The number of hydrogen-bond donors (Lipinski definition) is 1. The summed E-state index contributed by atoms with van der Waals surface area (Å²) in [6, 6.07) is 4.95. The number of carbonyl (C=O) groups is 1. The SMILES string of the molecule is CCOC1CCCN(S(=O)(=O)c2ccc3c(c2)CCC(=O)N3)C1. The van der Waals surface area contributed by atoms with Crippen LogP contribution in [0.4, 0.5) is 5.69 Å². The third-order valence-corrected chi connectivity index (χ3v) is 6.21. The summed E-state index contributed by atoms with van der Waals surface area (Å²) in [6.45, 7) is 3.45. The average Bonchev–Trinajstić information content (AvgIpc) is 2.55. The van der Waals surface area contributed by atoms with Crippen molar-refractivity contribution in [2.24, 2.45) is 0 Å². The van der Waals surface area contributed by atoms with Crippen LogP contribution in [-0.2, 0) is 26.0 Å². The summed E-state index contributed by atoms with van der Waals surface area (Å²) in [6.07, 6.45) is 2.65. The summed E-state index contributed by atoms with van der Waals surface area (Å²) < 4.78 is 32.8. The first-order valence-corrected chi connectivity index (χ1v) is 9.49. The Hall–Kier alpha value is -1.44. The summed E-state index contributed by atoms with van der Waals surface area (Å²) in [5.74, 6) is -0.0244. The van der Waals surface area contributed by atoms with Gasteiger partial charge in [-0.25, -0.2) is 8.42 Å². The molecule has 1 amide bonds. The van der Waals surface area contributed by atoms with E-state index in [9.17, 15) is 13.2 Å². The topological polar surface area (TPSA) is 75.7 Å². The summed E-state index contributed by atoms with van der Waals surface area (Å²) in [7, 11) is -3.52. The van der Waals surface area contributed by atoms with Gasteiger partial charge in [0.05, 0.1) is 11.0 Å². The van der Waals surface area contributed by atoms with Crippen LogP contribution in [0.1, 0.15) is 31.7 Å². The molecule has 0 spiro atoms. The third kappa shape index (κ3) is 3.41. The number of benzene rings is 1. The van der Waals surface area contributed by atoms with E-state index in [-0.39, 0.29) is 12.0 Å². The highest BCUT2D eigenvalue weighted by Gasteiger charge is 2.31. The normalized spacial score (nSPS) is 22.5. The van der Waals surface area contributed by atoms with Crippen LogP contribution in [-0.4, -0.2) is 44.4 Å². The summed E-state index contributed by atoms with van der Waals surface area (Å²) in [5.41, 5.74) is 1.59. The predicted molar refractivity (Wildman–Crippen MR) is 86.8 cm³/mol. The Morgan fingerprint density at radius 3 is 2.96 bits per heavy atom. The van der Waals surface area contributed by atoms with Crippen molar-refractivity contribution >= 4 is 21.6 Å². The number of aryl methyl sites for hydroxylation is 1. The molecule has 126 valence electrons. The second-order valence-electron chi connectivity index (χ2n) is 5.95. The van der Waals surface area contributed by atoms with Gasteiger partial charge in [-0.15, -0.1) is 0 Å². The maximum Gasteiger partial charge on any atom is 0.243 e. The largest absolute Gasteiger partial charge is 0.377 e. The molecule has 1 saturated heterocycles. The van der Waals surface area contributed by atoms with Gasteiger partial charge < -0.3 is 10.1 Å². The molecule has 1 fully saturated rings. The minimum absolute atomic E-state index is 0.0244. The van der Waals surface area contributed by atoms with Gasteiger partial charge in [0.25, 0.3) is 0 Å². The van der Waals surface area contributed by atoms with E-state index in [4.69, 9.17) is 4.74 Å². The Labute approximate surface area is 136 Å². The van der Waals surface area contributed by atoms with Crippen LogP contribution in [0.5, 0.6) is 0 Å². The number of nitrogens with one attached hydrogen (secondary N) is 1. The number of nitrogens with zero attached hydrogens (tertiary/aromatic N) is 1. The molecule has 0 aliphatic carbocycles. The van der Waals surface area contributed by atoms with Crippen molar-refractivity contribution in [3.8, 4) is 0 Å². The monoisotopic (exact) mass is 338 g/mol. The summed E-state index contributed by atoms with van der Waals surface area (Å²) in [4.78, 5) is 11.7. The van der Waals surface area contributed by atoms with Crippen molar-refractivity contribution in [1.29, 1.82) is 0 Å². The van der Waals surface area contributed by atoms with Crippen LogP contribution < -0.4 is 5.32 Å². The molecule has 0 bridgehead atoms. The van der Waals surface area contributed by atoms with Gasteiger partial charge in [-0.3, -0.25) is 4.79 Å². The molecule has 23 heavy (non-hydrogen) atoms. The molecule has 2 aliphatic heterocycles. The lowest BCUT2D eigenvalue weighted by Crippen LogP contribution is -2.43. The molecule has 2 aliphatic rings. The van der Waals surface area contributed by atoms with Gasteiger partial charge in [0.15, 0.2) is 0 Å². The van der Waals surface area contributed by atoms with Crippen molar-refractivity contribution < 1.29 is 17.9 Å². The number of piperidine rings is 1. The van der Waals surface area contributed by atoms with E-state index in [0.717, 1.165) is 18.4 Å². The van der Waals surface area contributed by atoms with E-state index in [1.54, 1.807) is 18.2 Å². The number of sulfonamides is 1. The molecule has 1 aromatic rings. The zero-order valence-electron chi connectivity index (χ0n) is 13.2. The van der Waals surface area contributed by atoms with Gasteiger partial charge in [0.1, 0.15) is 0 Å². The Bertz CT molecular complexity index is 700. The van der Waals surface area contributed by atoms with Gasteiger partial charge in [-0.05, 0) is 49.9 Å². The quantitative estimate of drug-likeness (QED) is 0.908. The number of anilines is 1. The number of rotatable bonds is 4. The number of amides is 1. The van der Waals surface area contributed by atoms with E-state index < -0.39 is 10.0 Å². The van der Waals surface area contributed by atoms with Gasteiger partial charge >= 0.3 is 0 Å². The zero-order chi connectivity index (χ0) is 16.4. The molecule has 2 heterocycles. The third-order valence-electron chi connectivity index (χ3n) is 4.35. The fourth-order valence-electron chi connectivity index (χ4n) is 3.16. The first-order chi connectivity index (χ1) is 11.0. The van der Waals surface area contributed by atoms with Crippen LogP contribution in [0.3, 0.4) is 0 Å². The smallest absolute Gasteiger partial charge is 0.243 e. The van der Waals surface area contributed by atoms with Crippen LogP contribution in [0.2, 0.25) is 0 Å². The zero-order valence-corrected chi connectivity index (χ0v) is 14.1. The lowest BCUT2D eigenvalue weighted by Gasteiger charge is -2.32. The molecule has 6 nitrogen and oxygen atoms in total. The van der Waals surface area contributed by atoms with Crippen LogP contribution >= 0.6 is 0 Å². The van der Waals surface area contributed by atoms with Crippen molar-refractivity contribution in [1.82, 2.24) is 4.31 Å². The molecule has 7 heteroatoms. The van der Waals surface area contributed by atoms with E-state index in [0.29, 0.717) is 43.1 Å². The number of fused-ring (bicyclic) bond motifs is 1. The number of hydrogen-bond acceptors (Lipinski definition) is 4. The second kappa shape index (κ2) is 6.59. The molecule has 3 rings (SSSR count). The Balaban J connectivity index is 1.83. The maximum atomic E-state index is 12.9. The fourth-order valence-corrected chi connectivity index (χ4v) is 4.73. The molecule has 1 unspecified atom stereocenters. The van der Waals surface area contributed by atoms with E-state index >= 15 is 0 Å². The van der Waals surface area contributed by atoms with Crippen LogP contribution in [0.15, 0.2) is 23.1 Å². The van der Waals surface area contributed by atoms with Gasteiger partial charge in [0, 0.05) is 31.8 Å². The Morgan fingerprint density at radius 1 is 1.35 bits per heavy atom. The molecule has 1 N–H and O–H groups in total. The Kier molecular flexibility index (Phi) is 4.70. The van der Waals surface area contributed by atoms with Gasteiger partial charge in [-0.2, -0.15) is 4.31 Å². The maximum absolute atomic E-state index is 12.9. The predicted octanol–water partition coefficient (Wildman–Crippen LogP) is 1.76. The Morgan fingerprint density at radius 2 is 2.17 bits per heavy atom. The van der Waals surface area contributed by atoms with Crippen molar-refractivity contribution in [2.75, 3.05) is 25.0 Å². The van der Waals surface area contributed by atoms with E-state index in [1.807, 2.05) is 6.92 Å². The minimum atomic E-state index is -3.52. The highest BCUT2D eigenvalue weighted by atomic mass is 32.2. The second-order valence-corrected chi connectivity index (χ2v) is 7.89. The first kappa shape index (κ1) is 16.4. The number of carbonyl (C=O) groups excluding carboxylic acids is 1. The molecular formula is C16H22N2O4S. The highest BCUT2D eigenvalue weighted by molar-refractivity contribution is 7.89. The van der Waals surface area contributed by atoms with Crippen LogP contribution in [0.25, 0.3) is 0 Å². The standard InChI is InChI=1S/C16H22N2O4S/c1-2-22-13-4-3-9-18(11-13)23(20,21)14-6-7-15-12(10-14)5-8-16(19)17-15/h6-7,10,13H,2-5,8-9,11H2,1H3,(H,17,19). The molecule has 1 atom stereocenters.